The molecule has 0 radical (unpaired) electrons. The van der Waals surface area contributed by atoms with Gasteiger partial charge in [0.15, 0.2) is 0 Å². The van der Waals surface area contributed by atoms with Crippen LogP contribution < -0.4 is 10.5 Å². The predicted octanol–water partition coefficient (Wildman–Crippen LogP) is 1.18. The van der Waals surface area contributed by atoms with Crippen molar-refractivity contribution in [2.75, 3.05) is 12.3 Å². The van der Waals surface area contributed by atoms with E-state index in [1.807, 2.05) is 6.20 Å². The highest BCUT2D eigenvalue weighted by atomic mass is 35.5. The lowest BCUT2D eigenvalue weighted by Gasteiger charge is -2.09. The normalized spacial score (nSPS) is 11.7. The Balaban J connectivity index is 2.06. The molecule has 1 aromatic heterocycles. The first-order valence-corrected chi connectivity index (χ1v) is 7.77. The zero-order valence-electron chi connectivity index (χ0n) is 10.9. The number of nitrogens with zero attached hydrogens (tertiary/aromatic N) is 2. The van der Waals surface area contributed by atoms with Crippen LogP contribution in [0.2, 0.25) is 5.02 Å². The van der Waals surface area contributed by atoms with Gasteiger partial charge in [0.05, 0.1) is 11.9 Å². The first-order valence-electron chi connectivity index (χ1n) is 5.91. The summed E-state index contributed by atoms with van der Waals surface area (Å²) in [5.74, 6) is 0. The molecule has 6 nitrogen and oxygen atoms in total. The Morgan fingerprint density at radius 3 is 2.85 bits per heavy atom. The van der Waals surface area contributed by atoms with Gasteiger partial charge in [-0.1, -0.05) is 11.6 Å². The highest BCUT2D eigenvalue weighted by molar-refractivity contribution is 7.89. The van der Waals surface area contributed by atoms with Crippen LogP contribution in [0.4, 0.5) is 5.69 Å². The number of rotatable bonds is 5. The number of halogens is 1. The zero-order valence-corrected chi connectivity index (χ0v) is 12.4. The lowest BCUT2D eigenvalue weighted by molar-refractivity contribution is 0.582. The molecule has 0 saturated carbocycles. The van der Waals surface area contributed by atoms with E-state index in [9.17, 15) is 8.42 Å². The number of aromatic nitrogens is 2. The number of nitrogen functional groups attached to an aromatic ring is 1. The highest BCUT2D eigenvalue weighted by Gasteiger charge is 2.17. The number of sulfonamides is 1. The molecule has 3 N–H and O–H groups in total. The van der Waals surface area contributed by atoms with E-state index in [4.69, 9.17) is 17.3 Å². The van der Waals surface area contributed by atoms with Crippen molar-refractivity contribution in [3.05, 3.63) is 41.2 Å². The zero-order chi connectivity index (χ0) is 14.8. The average Bonchev–Trinajstić information content (AvgIpc) is 2.78. The molecule has 0 bridgehead atoms. The summed E-state index contributed by atoms with van der Waals surface area (Å²) in [6, 6.07) is 4.35. The fourth-order valence-corrected chi connectivity index (χ4v) is 3.17. The highest BCUT2D eigenvalue weighted by Crippen LogP contribution is 2.22. The monoisotopic (exact) mass is 314 g/mol. The van der Waals surface area contributed by atoms with Gasteiger partial charge in [0.25, 0.3) is 0 Å². The molecule has 0 spiro atoms. The van der Waals surface area contributed by atoms with Crippen LogP contribution in [0.3, 0.4) is 0 Å². The molecule has 0 amide bonds. The Morgan fingerprint density at radius 1 is 1.45 bits per heavy atom. The molecule has 8 heteroatoms. The maximum absolute atomic E-state index is 12.1. The van der Waals surface area contributed by atoms with Crippen molar-refractivity contribution < 1.29 is 8.42 Å². The number of nitrogens with one attached hydrogen (secondary N) is 1. The minimum absolute atomic E-state index is 0.00353. The summed E-state index contributed by atoms with van der Waals surface area (Å²) >= 11 is 5.80. The van der Waals surface area contributed by atoms with Crippen LogP contribution >= 0.6 is 11.6 Å². The average molecular weight is 315 g/mol. The van der Waals surface area contributed by atoms with Crippen molar-refractivity contribution in [3.63, 3.8) is 0 Å². The minimum atomic E-state index is -3.66. The number of aryl methyl sites for hydroxylation is 1. The first-order chi connectivity index (χ1) is 9.38. The molecule has 2 rings (SSSR count). The smallest absolute Gasteiger partial charge is 0.242 e. The van der Waals surface area contributed by atoms with Gasteiger partial charge < -0.3 is 5.73 Å². The molecule has 108 valence electrons. The third-order valence-electron chi connectivity index (χ3n) is 2.73. The van der Waals surface area contributed by atoms with Crippen molar-refractivity contribution in [1.29, 1.82) is 0 Å². The van der Waals surface area contributed by atoms with Gasteiger partial charge in [-0.2, -0.15) is 5.10 Å². The third kappa shape index (κ3) is 3.50. The van der Waals surface area contributed by atoms with Crippen LogP contribution in [0.1, 0.15) is 5.56 Å². The standard InChI is InChI=1S/C12H15ClN4O2S/c1-17-8-9(7-15-17)4-5-16-20(18,19)12-6-10(13)2-3-11(12)14/h2-3,6-8,16H,4-5,14H2,1H3. The third-order valence-corrected chi connectivity index (χ3v) is 4.48. The minimum Gasteiger partial charge on any atom is -0.398 e. The van der Waals surface area contributed by atoms with Gasteiger partial charge in [0, 0.05) is 24.8 Å². The lowest BCUT2D eigenvalue weighted by atomic mass is 10.3. The number of hydrogen-bond donors (Lipinski definition) is 2. The molecule has 1 aromatic carbocycles. The van der Waals surface area contributed by atoms with E-state index in [0.717, 1.165) is 5.56 Å². The van der Waals surface area contributed by atoms with E-state index in [0.29, 0.717) is 11.4 Å². The number of anilines is 1. The molecule has 0 aliphatic heterocycles. The van der Waals surface area contributed by atoms with Gasteiger partial charge in [-0.25, -0.2) is 13.1 Å². The van der Waals surface area contributed by atoms with Crippen molar-refractivity contribution in [3.8, 4) is 0 Å². The second-order valence-electron chi connectivity index (χ2n) is 4.35. The SMILES string of the molecule is Cn1cc(CCNS(=O)(=O)c2cc(Cl)ccc2N)cn1. The molecule has 0 aliphatic rings. The van der Waals surface area contributed by atoms with Crippen LogP contribution in [0.5, 0.6) is 0 Å². The van der Waals surface area contributed by atoms with Crippen molar-refractivity contribution in [2.45, 2.75) is 11.3 Å². The van der Waals surface area contributed by atoms with Crippen LogP contribution in [0.15, 0.2) is 35.5 Å². The van der Waals surface area contributed by atoms with Gasteiger partial charge >= 0.3 is 0 Å². The lowest BCUT2D eigenvalue weighted by Crippen LogP contribution is -2.26. The Labute approximate surface area is 122 Å². The Kier molecular flexibility index (Phi) is 4.32. The largest absolute Gasteiger partial charge is 0.398 e. The Morgan fingerprint density at radius 2 is 2.20 bits per heavy atom. The van der Waals surface area contributed by atoms with E-state index in [1.165, 1.54) is 12.1 Å². The molecular formula is C12H15ClN4O2S. The maximum Gasteiger partial charge on any atom is 0.242 e. The van der Waals surface area contributed by atoms with E-state index in [1.54, 1.807) is 24.0 Å². The summed E-state index contributed by atoms with van der Waals surface area (Å²) in [5.41, 5.74) is 6.79. The molecule has 0 fully saturated rings. The molecule has 1 heterocycles. The van der Waals surface area contributed by atoms with Crippen LogP contribution in [-0.4, -0.2) is 24.7 Å². The van der Waals surface area contributed by atoms with Crippen LogP contribution in [-0.2, 0) is 23.5 Å². The molecular weight excluding hydrogens is 300 g/mol. The summed E-state index contributed by atoms with van der Waals surface area (Å²) in [6.07, 6.45) is 4.08. The molecule has 0 aliphatic carbocycles. The Hall–Kier alpha value is -1.57. The van der Waals surface area contributed by atoms with E-state index in [2.05, 4.69) is 9.82 Å². The van der Waals surface area contributed by atoms with E-state index >= 15 is 0 Å². The number of hydrogen-bond acceptors (Lipinski definition) is 4. The summed E-state index contributed by atoms with van der Waals surface area (Å²) in [6.45, 7) is 0.264. The maximum atomic E-state index is 12.1. The van der Waals surface area contributed by atoms with Crippen molar-refractivity contribution in [1.82, 2.24) is 14.5 Å². The quantitative estimate of drug-likeness (QED) is 0.811. The second-order valence-corrected chi connectivity index (χ2v) is 6.52. The van der Waals surface area contributed by atoms with E-state index in [-0.39, 0.29) is 17.1 Å². The van der Waals surface area contributed by atoms with Crippen molar-refractivity contribution in [2.24, 2.45) is 7.05 Å². The second kappa shape index (κ2) is 5.82. The van der Waals surface area contributed by atoms with Gasteiger partial charge in [0.2, 0.25) is 10.0 Å². The predicted molar refractivity (Wildman–Crippen MR) is 78.0 cm³/mol. The van der Waals surface area contributed by atoms with Gasteiger partial charge in [0.1, 0.15) is 4.90 Å². The van der Waals surface area contributed by atoms with Gasteiger partial charge in [-0.15, -0.1) is 0 Å². The fraction of sp³-hybridized carbons (Fsp3) is 0.250. The number of benzene rings is 1. The summed E-state index contributed by atoms with van der Waals surface area (Å²) in [4.78, 5) is -0.00353. The molecule has 0 unspecified atom stereocenters. The molecule has 0 atom stereocenters. The van der Waals surface area contributed by atoms with E-state index < -0.39 is 10.0 Å². The van der Waals surface area contributed by atoms with Gasteiger partial charge in [-0.3, -0.25) is 4.68 Å². The van der Waals surface area contributed by atoms with Crippen LogP contribution in [0, 0.1) is 0 Å². The summed E-state index contributed by atoms with van der Waals surface area (Å²) in [5, 5.41) is 4.34. The number of nitrogens with two attached hydrogens (primary N) is 1. The first kappa shape index (κ1) is 14.8. The van der Waals surface area contributed by atoms with Crippen molar-refractivity contribution >= 4 is 27.3 Å². The van der Waals surface area contributed by atoms with Crippen LogP contribution in [0.25, 0.3) is 0 Å². The summed E-state index contributed by atoms with van der Waals surface area (Å²) < 4.78 is 28.4. The summed E-state index contributed by atoms with van der Waals surface area (Å²) in [7, 11) is -1.86. The molecule has 0 saturated heterocycles. The fourth-order valence-electron chi connectivity index (χ4n) is 1.75. The topological polar surface area (TPSA) is 90.0 Å². The molecule has 20 heavy (non-hydrogen) atoms. The Bertz CT molecular complexity index is 712. The molecule has 2 aromatic rings. The van der Waals surface area contributed by atoms with Gasteiger partial charge in [-0.05, 0) is 30.2 Å².